The van der Waals surface area contributed by atoms with Crippen LogP contribution in [0.2, 0.25) is 0 Å². The van der Waals surface area contributed by atoms with Crippen LogP contribution < -0.4 is 0 Å². The quantitative estimate of drug-likeness (QED) is 0.775. The predicted molar refractivity (Wildman–Crippen MR) is 87.1 cm³/mol. The Kier molecular flexibility index (Phi) is 4.28. The molecule has 6 nitrogen and oxygen atoms in total. The molecule has 118 valence electrons. The van der Waals surface area contributed by atoms with Gasteiger partial charge in [-0.1, -0.05) is 15.9 Å². The van der Waals surface area contributed by atoms with Crippen LogP contribution in [0.4, 0.5) is 4.79 Å². The van der Waals surface area contributed by atoms with E-state index >= 15 is 0 Å². The van der Waals surface area contributed by atoms with Crippen molar-refractivity contribution < 1.29 is 14.3 Å². The number of fused-ring (bicyclic) bond motifs is 1. The van der Waals surface area contributed by atoms with Gasteiger partial charge in [0.15, 0.2) is 5.69 Å². The summed E-state index contributed by atoms with van der Waals surface area (Å²) in [4.78, 5) is 26.0. The van der Waals surface area contributed by atoms with Crippen LogP contribution in [0.3, 0.4) is 0 Å². The molecule has 0 aliphatic rings. The number of halogens is 1. The summed E-state index contributed by atoms with van der Waals surface area (Å²) in [6.45, 7) is 5.33. The van der Waals surface area contributed by atoms with Crippen molar-refractivity contribution in [3.8, 4) is 0 Å². The monoisotopic (exact) mass is 367 g/mol. The molecular weight excluding hydrogens is 350 g/mol. The first-order chi connectivity index (χ1) is 10.1. The van der Waals surface area contributed by atoms with Crippen molar-refractivity contribution >= 4 is 38.8 Å². The number of hydrogen-bond donors (Lipinski definition) is 0. The third-order valence-corrected chi connectivity index (χ3v) is 3.31. The number of amides is 1. The fourth-order valence-electron chi connectivity index (χ4n) is 1.90. The lowest BCUT2D eigenvalue weighted by atomic mass is 10.2. The maximum atomic E-state index is 12.3. The first-order valence-corrected chi connectivity index (χ1v) is 7.53. The molecule has 22 heavy (non-hydrogen) atoms. The van der Waals surface area contributed by atoms with E-state index in [4.69, 9.17) is 4.74 Å². The van der Waals surface area contributed by atoms with Crippen molar-refractivity contribution in [2.24, 2.45) is 0 Å². The first-order valence-electron chi connectivity index (χ1n) is 6.73. The lowest BCUT2D eigenvalue weighted by Gasteiger charge is -2.19. The van der Waals surface area contributed by atoms with Crippen molar-refractivity contribution in [3.05, 3.63) is 28.4 Å². The number of rotatable bonds is 1. The smallest absolute Gasteiger partial charge is 0.435 e. The molecule has 0 spiro atoms. The molecule has 0 unspecified atom stereocenters. The van der Waals surface area contributed by atoms with Crippen molar-refractivity contribution in [1.82, 2.24) is 14.7 Å². The van der Waals surface area contributed by atoms with Crippen molar-refractivity contribution in [2.45, 2.75) is 26.4 Å². The van der Waals surface area contributed by atoms with Crippen LogP contribution in [0.15, 0.2) is 22.7 Å². The van der Waals surface area contributed by atoms with Gasteiger partial charge in [0.25, 0.3) is 5.91 Å². The van der Waals surface area contributed by atoms with E-state index in [2.05, 4.69) is 21.0 Å². The Morgan fingerprint density at radius 3 is 2.45 bits per heavy atom. The Morgan fingerprint density at radius 2 is 1.91 bits per heavy atom. The zero-order chi connectivity index (χ0) is 16.7. The molecule has 7 heteroatoms. The number of benzene rings is 1. The second-order valence-corrected chi connectivity index (χ2v) is 7.02. The summed E-state index contributed by atoms with van der Waals surface area (Å²) in [6, 6.07) is 5.28. The zero-order valence-electron chi connectivity index (χ0n) is 13.2. The molecule has 0 saturated heterocycles. The molecule has 0 saturated carbocycles. The summed E-state index contributed by atoms with van der Waals surface area (Å²) in [5.74, 6) is -0.273. The van der Waals surface area contributed by atoms with Crippen molar-refractivity contribution in [1.29, 1.82) is 0 Å². The van der Waals surface area contributed by atoms with E-state index in [1.165, 1.54) is 4.90 Å². The van der Waals surface area contributed by atoms with E-state index in [0.717, 1.165) is 9.15 Å². The molecule has 0 fully saturated rings. The minimum atomic E-state index is -0.642. The van der Waals surface area contributed by atoms with Gasteiger partial charge in [-0.3, -0.25) is 4.79 Å². The molecule has 2 rings (SSSR count). The highest BCUT2D eigenvalue weighted by atomic mass is 79.9. The molecule has 1 amide bonds. The Bertz CT molecular complexity index is 744. The molecule has 1 aromatic carbocycles. The summed E-state index contributed by atoms with van der Waals surface area (Å²) in [5, 5.41) is 4.76. The molecular formula is C15H18BrN3O3. The minimum absolute atomic E-state index is 0.215. The van der Waals surface area contributed by atoms with Gasteiger partial charge in [-0.05, 0) is 39.0 Å². The Hall–Kier alpha value is -1.89. The van der Waals surface area contributed by atoms with E-state index in [9.17, 15) is 9.59 Å². The van der Waals surface area contributed by atoms with Crippen LogP contribution in [0.25, 0.3) is 10.9 Å². The van der Waals surface area contributed by atoms with Crippen LogP contribution in [-0.4, -0.2) is 46.4 Å². The number of aromatic nitrogens is 2. The molecule has 2 aromatic rings. The standard InChI is InChI=1S/C15H18BrN3O3/c1-15(2,3)22-14(21)19-11-7-6-9(16)8-10(11)12(17-19)13(20)18(4)5/h6-8H,1-5H3. The van der Waals surface area contributed by atoms with Gasteiger partial charge in [-0.2, -0.15) is 9.78 Å². The summed E-state index contributed by atoms with van der Waals surface area (Å²) in [6.07, 6.45) is -0.613. The third kappa shape index (κ3) is 3.30. The summed E-state index contributed by atoms with van der Waals surface area (Å²) >= 11 is 3.37. The van der Waals surface area contributed by atoms with E-state index in [1.54, 1.807) is 53.1 Å². The Labute approximate surface area is 137 Å². The molecule has 0 aliphatic heterocycles. The van der Waals surface area contributed by atoms with Crippen LogP contribution in [0.5, 0.6) is 0 Å². The van der Waals surface area contributed by atoms with E-state index in [0.29, 0.717) is 10.9 Å². The lowest BCUT2D eigenvalue weighted by Crippen LogP contribution is -2.28. The number of ether oxygens (including phenoxy) is 1. The largest absolute Gasteiger partial charge is 0.442 e. The first kappa shape index (κ1) is 16.5. The van der Waals surface area contributed by atoms with Crippen LogP contribution in [0, 0.1) is 0 Å². The average Bonchev–Trinajstić information content (AvgIpc) is 2.74. The average molecular weight is 368 g/mol. The molecule has 0 N–H and O–H groups in total. The van der Waals surface area contributed by atoms with Crippen LogP contribution >= 0.6 is 15.9 Å². The highest BCUT2D eigenvalue weighted by Gasteiger charge is 2.25. The predicted octanol–water partition coefficient (Wildman–Crippen LogP) is 3.28. The fourth-order valence-corrected chi connectivity index (χ4v) is 2.27. The maximum absolute atomic E-state index is 12.3. The van der Waals surface area contributed by atoms with Crippen molar-refractivity contribution in [3.63, 3.8) is 0 Å². The van der Waals surface area contributed by atoms with Gasteiger partial charge in [-0.15, -0.1) is 0 Å². The van der Waals surface area contributed by atoms with Crippen LogP contribution in [0.1, 0.15) is 31.3 Å². The molecule has 0 bridgehead atoms. The Morgan fingerprint density at radius 1 is 1.27 bits per heavy atom. The number of carbonyl (C=O) groups is 2. The molecule has 1 heterocycles. The number of carbonyl (C=O) groups excluding carboxylic acids is 2. The molecule has 0 radical (unpaired) electrons. The van der Waals surface area contributed by atoms with Crippen molar-refractivity contribution in [2.75, 3.05) is 14.1 Å². The fraction of sp³-hybridized carbons (Fsp3) is 0.400. The van der Waals surface area contributed by atoms with Gasteiger partial charge in [0.2, 0.25) is 0 Å². The molecule has 0 atom stereocenters. The minimum Gasteiger partial charge on any atom is -0.442 e. The van der Waals surface area contributed by atoms with Gasteiger partial charge in [0, 0.05) is 24.0 Å². The second-order valence-electron chi connectivity index (χ2n) is 6.10. The highest BCUT2D eigenvalue weighted by Crippen LogP contribution is 2.24. The SMILES string of the molecule is CN(C)C(=O)c1nn(C(=O)OC(C)(C)C)c2ccc(Br)cc12. The molecule has 1 aromatic heterocycles. The molecule has 0 aliphatic carbocycles. The lowest BCUT2D eigenvalue weighted by molar-refractivity contribution is 0.0522. The van der Waals surface area contributed by atoms with Gasteiger partial charge >= 0.3 is 6.09 Å². The van der Waals surface area contributed by atoms with Gasteiger partial charge in [0.1, 0.15) is 5.60 Å². The zero-order valence-corrected chi connectivity index (χ0v) is 14.8. The van der Waals surface area contributed by atoms with E-state index in [1.807, 2.05) is 0 Å². The summed E-state index contributed by atoms with van der Waals surface area (Å²) < 4.78 is 7.27. The van der Waals surface area contributed by atoms with Gasteiger partial charge in [-0.25, -0.2) is 4.79 Å². The maximum Gasteiger partial charge on any atom is 0.435 e. The number of nitrogens with zero attached hydrogens (tertiary/aromatic N) is 3. The van der Waals surface area contributed by atoms with Gasteiger partial charge in [0.05, 0.1) is 5.52 Å². The van der Waals surface area contributed by atoms with E-state index < -0.39 is 11.7 Å². The summed E-state index contributed by atoms with van der Waals surface area (Å²) in [5.41, 5.74) is 0.103. The summed E-state index contributed by atoms with van der Waals surface area (Å²) in [7, 11) is 3.28. The third-order valence-electron chi connectivity index (χ3n) is 2.82. The normalized spacial score (nSPS) is 11.5. The van der Waals surface area contributed by atoms with Crippen LogP contribution in [-0.2, 0) is 4.74 Å². The number of hydrogen-bond acceptors (Lipinski definition) is 4. The topological polar surface area (TPSA) is 64.4 Å². The second kappa shape index (κ2) is 5.72. The van der Waals surface area contributed by atoms with E-state index in [-0.39, 0.29) is 11.6 Å². The Balaban J connectivity index is 2.61. The van der Waals surface area contributed by atoms with Gasteiger partial charge < -0.3 is 9.64 Å². The highest BCUT2D eigenvalue weighted by molar-refractivity contribution is 9.10.